The van der Waals surface area contributed by atoms with E-state index in [1.54, 1.807) is 42.5 Å². The standard InChI is InChI=1S/C32H23ClN2O4/c1-39-25-15-12-18(33)16-24(25)34-30(36)17-10-13-19(14-11-17)35-31(37)28-26-20-6-2-3-7-21(20)27(29(28)32(35)38)23-9-5-4-8-22(23)26/h2-16,26-29H,1H3,(H,34,36)/t26?,27?,28-,29+. The third-order valence-electron chi connectivity index (χ3n) is 8.25. The summed E-state index contributed by atoms with van der Waals surface area (Å²) in [5.74, 6) is -1.49. The van der Waals surface area contributed by atoms with Crippen LogP contribution in [0.5, 0.6) is 5.75 Å². The highest BCUT2D eigenvalue weighted by atomic mass is 35.5. The predicted octanol–water partition coefficient (Wildman–Crippen LogP) is 6.00. The highest BCUT2D eigenvalue weighted by molar-refractivity contribution is 6.31. The average molecular weight is 535 g/mol. The Balaban J connectivity index is 1.20. The van der Waals surface area contributed by atoms with E-state index >= 15 is 0 Å². The van der Waals surface area contributed by atoms with Crippen molar-refractivity contribution in [2.45, 2.75) is 11.8 Å². The summed E-state index contributed by atoms with van der Waals surface area (Å²) in [6.45, 7) is 0. The molecule has 192 valence electrons. The van der Waals surface area contributed by atoms with Crippen molar-refractivity contribution in [1.29, 1.82) is 0 Å². The molecule has 7 heteroatoms. The molecule has 0 unspecified atom stereocenters. The lowest BCUT2D eigenvalue weighted by atomic mass is 9.55. The third kappa shape index (κ3) is 3.45. The quantitative estimate of drug-likeness (QED) is 0.326. The van der Waals surface area contributed by atoms with Crippen molar-refractivity contribution in [2.75, 3.05) is 17.3 Å². The van der Waals surface area contributed by atoms with Gasteiger partial charge in [0.1, 0.15) is 5.75 Å². The number of hydrogen-bond acceptors (Lipinski definition) is 4. The fourth-order valence-electron chi connectivity index (χ4n) is 6.67. The number of nitrogens with zero attached hydrogens (tertiary/aromatic N) is 1. The second-order valence-corrected chi connectivity index (χ2v) is 10.6. The van der Waals surface area contributed by atoms with Gasteiger partial charge in [-0.2, -0.15) is 0 Å². The minimum absolute atomic E-state index is 0.161. The summed E-state index contributed by atoms with van der Waals surface area (Å²) in [5.41, 5.74) is 5.81. The number of benzene rings is 4. The van der Waals surface area contributed by atoms with E-state index < -0.39 is 11.8 Å². The molecule has 1 N–H and O–H groups in total. The molecule has 0 spiro atoms. The zero-order valence-corrected chi connectivity index (χ0v) is 21.7. The van der Waals surface area contributed by atoms with Crippen molar-refractivity contribution < 1.29 is 19.1 Å². The normalized spacial score (nSPS) is 22.3. The van der Waals surface area contributed by atoms with Crippen LogP contribution in [0.3, 0.4) is 0 Å². The number of imide groups is 1. The van der Waals surface area contributed by atoms with Crippen LogP contribution in [0.1, 0.15) is 44.4 Å². The van der Waals surface area contributed by atoms with E-state index in [9.17, 15) is 14.4 Å². The molecule has 3 aliphatic carbocycles. The fraction of sp³-hybridized carbons (Fsp3) is 0.156. The topological polar surface area (TPSA) is 75.7 Å². The van der Waals surface area contributed by atoms with E-state index in [1.807, 2.05) is 24.3 Å². The molecule has 6 nitrogen and oxygen atoms in total. The molecule has 39 heavy (non-hydrogen) atoms. The smallest absolute Gasteiger partial charge is 0.255 e. The van der Waals surface area contributed by atoms with Crippen molar-refractivity contribution in [1.82, 2.24) is 0 Å². The first-order valence-corrected chi connectivity index (χ1v) is 13.2. The van der Waals surface area contributed by atoms with Gasteiger partial charge in [-0.3, -0.25) is 14.4 Å². The number of ether oxygens (including phenoxy) is 1. The Morgan fingerprint density at radius 2 is 1.28 bits per heavy atom. The maximum Gasteiger partial charge on any atom is 0.255 e. The van der Waals surface area contributed by atoms with Crippen LogP contribution in [0.4, 0.5) is 11.4 Å². The molecule has 1 aliphatic heterocycles. The van der Waals surface area contributed by atoms with Gasteiger partial charge in [-0.15, -0.1) is 0 Å². The van der Waals surface area contributed by atoms with Gasteiger partial charge < -0.3 is 10.1 Å². The average Bonchev–Trinajstić information content (AvgIpc) is 3.23. The third-order valence-corrected chi connectivity index (χ3v) is 8.48. The second kappa shape index (κ2) is 8.82. The van der Waals surface area contributed by atoms with E-state index in [1.165, 1.54) is 12.0 Å². The number of halogens is 1. The Hall–Kier alpha value is -4.42. The lowest BCUT2D eigenvalue weighted by Crippen LogP contribution is -2.41. The minimum Gasteiger partial charge on any atom is -0.495 e. The molecule has 0 aromatic heterocycles. The molecular weight excluding hydrogens is 512 g/mol. The first-order chi connectivity index (χ1) is 19.0. The van der Waals surface area contributed by atoms with Gasteiger partial charge in [0.25, 0.3) is 5.91 Å². The maximum absolute atomic E-state index is 13.9. The van der Waals surface area contributed by atoms with Gasteiger partial charge in [0.05, 0.1) is 30.3 Å². The Kier molecular flexibility index (Phi) is 5.35. The van der Waals surface area contributed by atoms with Crippen molar-refractivity contribution in [2.24, 2.45) is 11.8 Å². The Morgan fingerprint density at radius 3 is 1.77 bits per heavy atom. The van der Waals surface area contributed by atoms with Crippen molar-refractivity contribution in [3.05, 3.63) is 124 Å². The summed E-state index contributed by atoms with van der Waals surface area (Å²) in [4.78, 5) is 42.1. The van der Waals surface area contributed by atoms with Gasteiger partial charge >= 0.3 is 0 Å². The summed E-state index contributed by atoms with van der Waals surface area (Å²) in [6, 6.07) is 27.8. The van der Waals surface area contributed by atoms with Crippen LogP contribution in [-0.4, -0.2) is 24.8 Å². The van der Waals surface area contributed by atoms with Gasteiger partial charge in [0.2, 0.25) is 11.8 Å². The van der Waals surface area contributed by atoms with Crippen LogP contribution in [0.15, 0.2) is 91.0 Å². The van der Waals surface area contributed by atoms with Crippen molar-refractivity contribution >= 4 is 40.7 Å². The molecule has 1 heterocycles. The lowest BCUT2D eigenvalue weighted by molar-refractivity contribution is -0.122. The van der Waals surface area contributed by atoms with Gasteiger partial charge in [0, 0.05) is 22.4 Å². The molecule has 2 bridgehead atoms. The van der Waals surface area contributed by atoms with E-state index in [0.29, 0.717) is 27.7 Å². The molecule has 2 atom stereocenters. The number of amides is 3. The molecule has 0 radical (unpaired) electrons. The zero-order chi connectivity index (χ0) is 26.8. The molecule has 4 aliphatic rings. The summed E-state index contributed by atoms with van der Waals surface area (Å²) < 4.78 is 5.31. The first-order valence-electron chi connectivity index (χ1n) is 12.8. The van der Waals surface area contributed by atoms with Gasteiger partial charge in [-0.1, -0.05) is 60.1 Å². The maximum atomic E-state index is 13.9. The molecule has 3 amide bonds. The predicted molar refractivity (Wildman–Crippen MR) is 148 cm³/mol. The number of nitrogens with one attached hydrogen (secondary N) is 1. The zero-order valence-electron chi connectivity index (χ0n) is 20.9. The summed E-state index contributed by atoms with van der Waals surface area (Å²) >= 11 is 6.08. The number of hydrogen-bond donors (Lipinski definition) is 1. The van der Waals surface area contributed by atoms with Crippen LogP contribution in [-0.2, 0) is 9.59 Å². The fourth-order valence-corrected chi connectivity index (χ4v) is 6.84. The SMILES string of the molecule is COc1ccc(Cl)cc1NC(=O)c1ccc(N2C(=O)[C@@H]3C4c5ccccc5C(c5ccccc54)[C@@H]3C2=O)cc1. The lowest BCUT2D eigenvalue weighted by Gasteiger charge is -2.45. The molecule has 4 aromatic carbocycles. The van der Waals surface area contributed by atoms with Crippen molar-refractivity contribution in [3.63, 3.8) is 0 Å². The molecule has 1 fully saturated rings. The largest absolute Gasteiger partial charge is 0.495 e. The monoisotopic (exact) mass is 534 g/mol. The number of anilines is 2. The van der Waals surface area contributed by atoms with E-state index in [0.717, 1.165) is 22.3 Å². The van der Waals surface area contributed by atoms with Crippen LogP contribution in [0, 0.1) is 11.8 Å². The Labute approximate surface area is 230 Å². The molecular formula is C32H23ClN2O4. The van der Waals surface area contributed by atoms with E-state index in [4.69, 9.17) is 16.3 Å². The second-order valence-electron chi connectivity index (χ2n) is 10.1. The highest BCUT2D eigenvalue weighted by Gasteiger charge is 2.61. The first kappa shape index (κ1) is 23.7. The molecule has 4 aromatic rings. The van der Waals surface area contributed by atoms with Gasteiger partial charge in [-0.25, -0.2) is 4.90 Å². The van der Waals surface area contributed by atoms with Crippen molar-refractivity contribution in [3.8, 4) is 5.75 Å². The molecule has 0 saturated carbocycles. The number of methoxy groups -OCH3 is 1. The number of carbonyl (C=O) groups excluding carboxylic acids is 3. The van der Waals surface area contributed by atoms with E-state index in [-0.39, 0.29) is 29.6 Å². The van der Waals surface area contributed by atoms with Crippen LogP contribution in [0.2, 0.25) is 5.02 Å². The van der Waals surface area contributed by atoms with Crippen LogP contribution in [0.25, 0.3) is 0 Å². The van der Waals surface area contributed by atoms with E-state index in [2.05, 4.69) is 29.6 Å². The summed E-state index contributed by atoms with van der Waals surface area (Å²) in [5, 5.41) is 3.28. The molecule has 1 saturated heterocycles. The Morgan fingerprint density at radius 1 is 0.769 bits per heavy atom. The summed E-state index contributed by atoms with van der Waals surface area (Å²) in [6.07, 6.45) is 0. The van der Waals surface area contributed by atoms with Crippen LogP contribution < -0.4 is 15.0 Å². The molecule has 8 rings (SSSR count). The number of carbonyl (C=O) groups is 3. The summed E-state index contributed by atoms with van der Waals surface area (Å²) in [7, 11) is 1.51. The van der Waals surface area contributed by atoms with Gasteiger partial charge in [0.15, 0.2) is 0 Å². The van der Waals surface area contributed by atoms with Gasteiger partial charge in [-0.05, 0) is 64.7 Å². The minimum atomic E-state index is -0.453. The Bertz CT molecular complexity index is 1570. The number of rotatable bonds is 4. The highest BCUT2D eigenvalue weighted by Crippen LogP contribution is 2.61. The van der Waals surface area contributed by atoms with Crippen LogP contribution >= 0.6 is 11.6 Å².